The number of rotatable bonds is 7. The number of ether oxygens (including phenoxy) is 1. The number of carbonyl (C=O) groups excluding carboxylic acids is 1. The Bertz CT molecular complexity index is 748. The second kappa shape index (κ2) is 9.60. The normalized spacial score (nSPS) is 15.2. The van der Waals surface area contributed by atoms with Crippen LogP contribution in [0.15, 0.2) is 48.5 Å². The van der Waals surface area contributed by atoms with Gasteiger partial charge in [-0.15, -0.1) is 0 Å². The van der Waals surface area contributed by atoms with Crippen LogP contribution >= 0.6 is 0 Å². The molecule has 5 nitrogen and oxygen atoms in total. The molecule has 0 radical (unpaired) electrons. The Balaban J connectivity index is 1.40. The molecule has 0 spiro atoms. The van der Waals surface area contributed by atoms with Crippen molar-refractivity contribution in [1.82, 2.24) is 10.2 Å². The fraction of sp³-hybridized carbons (Fsp3) is 0.435. The molecule has 1 heterocycles. The van der Waals surface area contributed by atoms with Crippen LogP contribution in [0, 0.1) is 5.92 Å². The van der Waals surface area contributed by atoms with Crippen LogP contribution < -0.4 is 15.0 Å². The van der Waals surface area contributed by atoms with Crippen molar-refractivity contribution in [2.75, 3.05) is 45.7 Å². The van der Waals surface area contributed by atoms with Crippen molar-refractivity contribution in [2.24, 2.45) is 5.92 Å². The summed E-state index contributed by atoms with van der Waals surface area (Å²) in [5.41, 5.74) is 3.14. The Morgan fingerprint density at radius 3 is 2.29 bits per heavy atom. The predicted octanol–water partition coefficient (Wildman–Crippen LogP) is 3.40. The third-order valence-corrected chi connectivity index (χ3v) is 5.47. The summed E-state index contributed by atoms with van der Waals surface area (Å²) < 4.78 is 5.22. The Morgan fingerprint density at radius 1 is 1.07 bits per heavy atom. The van der Waals surface area contributed by atoms with Crippen molar-refractivity contribution in [1.29, 1.82) is 0 Å². The molecule has 1 aliphatic heterocycles. The monoisotopic (exact) mass is 381 g/mol. The Kier molecular flexibility index (Phi) is 6.93. The molecular weight excluding hydrogens is 350 g/mol. The lowest BCUT2D eigenvalue weighted by molar-refractivity contribution is 0.0935. The highest BCUT2D eigenvalue weighted by Crippen LogP contribution is 2.20. The quantitative estimate of drug-likeness (QED) is 0.798. The van der Waals surface area contributed by atoms with E-state index in [-0.39, 0.29) is 5.91 Å². The summed E-state index contributed by atoms with van der Waals surface area (Å²) in [6.07, 6.45) is 2.24. The van der Waals surface area contributed by atoms with E-state index in [4.69, 9.17) is 4.74 Å². The van der Waals surface area contributed by atoms with Crippen molar-refractivity contribution in [2.45, 2.75) is 19.4 Å². The molecular formula is C23H31N3O2. The zero-order valence-corrected chi connectivity index (χ0v) is 17.1. The van der Waals surface area contributed by atoms with Gasteiger partial charge in [-0.2, -0.15) is 0 Å². The number of anilines is 1. The number of piperidine rings is 1. The molecule has 0 unspecified atom stereocenters. The molecule has 1 N–H and O–H groups in total. The number of hydrogen-bond donors (Lipinski definition) is 1. The van der Waals surface area contributed by atoms with E-state index in [9.17, 15) is 4.79 Å². The number of benzene rings is 2. The van der Waals surface area contributed by atoms with Gasteiger partial charge in [0.2, 0.25) is 0 Å². The SMILES string of the molecule is COc1ccc(CN2CCC(CNC(=O)c3ccc(N(C)C)cc3)CC2)cc1. The van der Waals surface area contributed by atoms with Crippen molar-refractivity contribution in [3.63, 3.8) is 0 Å². The van der Waals surface area contributed by atoms with Gasteiger partial charge in [-0.3, -0.25) is 9.69 Å². The number of nitrogens with one attached hydrogen (secondary N) is 1. The third-order valence-electron chi connectivity index (χ3n) is 5.47. The molecule has 0 bridgehead atoms. The van der Waals surface area contributed by atoms with Crippen LogP contribution in [0.1, 0.15) is 28.8 Å². The molecule has 150 valence electrons. The summed E-state index contributed by atoms with van der Waals surface area (Å²) in [6.45, 7) is 3.88. The maximum atomic E-state index is 12.4. The summed E-state index contributed by atoms with van der Waals surface area (Å²) in [5.74, 6) is 1.47. The zero-order valence-electron chi connectivity index (χ0n) is 17.1. The number of likely N-dealkylation sites (tertiary alicyclic amines) is 1. The Morgan fingerprint density at radius 2 is 1.71 bits per heavy atom. The minimum absolute atomic E-state index is 0.0194. The molecule has 3 rings (SSSR count). The van der Waals surface area contributed by atoms with Gasteiger partial charge in [0, 0.05) is 38.4 Å². The van der Waals surface area contributed by atoms with Crippen LogP contribution in [-0.2, 0) is 6.54 Å². The molecule has 1 amide bonds. The van der Waals surface area contributed by atoms with E-state index in [0.29, 0.717) is 5.92 Å². The van der Waals surface area contributed by atoms with Crippen molar-refractivity contribution >= 4 is 11.6 Å². The smallest absolute Gasteiger partial charge is 0.251 e. The molecule has 1 fully saturated rings. The molecule has 0 aliphatic carbocycles. The van der Waals surface area contributed by atoms with E-state index in [1.807, 2.05) is 55.4 Å². The average Bonchev–Trinajstić information content (AvgIpc) is 2.73. The van der Waals surface area contributed by atoms with Gasteiger partial charge in [0.1, 0.15) is 5.75 Å². The highest BCUT2D eigenvalue weighted by Gasteiger charge is 2.20. The molecule has 2 aromatic carbocycles. The van der Waals surface area contributed by atoms with Gasteiger partial charge in [-0.05, 0) is 73.8 Å². The average molecular weight is 382 g/mol. The number of carbonyl (C=O) groups is 1. The lowest BCUT2D eigenvalue weighted by Gasteiger charge is -2.32. The second-order valence-electron chi connectivity index (χ2n) is 7.72. The van der Waals surface area contributed by atoms with Crippen molar-refractivity contribution in [3.8, 4) is 5.75 Å². The fourth-order valence-corrected chi connectivity index (χ4v) is 3.59. The summed E-state index contributed by atoms with van der Waals surface area (Å²) in [4.78, 5) is 16.9. The lowest BCUT2D eigenvalue weighted by atomic mass is 9.96. The first-order chi connectivity index (χ1) is 13.5. The Labute approximate surface area is 168 Å². The van der Waals surface area contributed by atoms with E-state index in [1.54, 1.807) is 7.11 Å². The lowest BCUT2D eigenvalue weighted by Crippen LogP contribution is -2.38. The van der Waals surface area contributed by atoms with Gasteiger partial charge in [-0.1, -0.05) is 12.1 Å². The first-order valence-corrected chi connectivity index (χ1v) is 9.96. The fourth-order valence-electron chi connectivity index (χ4n) is 3.59. The number of amides is 1. The molecule has 0 aromatic heterocycles. The third kappa shape index (κ3) is 5.49. The van der Waals surface area contributed by atoms with E-state index >= 15 is 0 Å². The standard InChI is InChI=1S/C23H31N3O2/c1-25(2)21-8-6-20(7-9-21)23(27)24-16-18-12-14-26(15-13-18)17-19-4-10-22(28-3)11-5-19/h4-11,18H,12-17H2,1-3H3,(H,24,27). The van der Waals surface area contributed by atoms with E-state index in [2.05, 4.69) is 22.3 Å². The minimum atomic E-state index is 0.0194. The number of nitrogens with zero attached hydrogens (tertiary/aromatic N) is 2. The van der Waals surface area contributed by atoms with Gasteiger partial charge in [0.05, 0.1) is 7.11 Å². The summed E-state index contributed by atoms with van der Waals surface area (Å²) in [7, 11) is 5.68. The van der Waals surface area contributed by atoms with Gasteiger partial charge >= 0.3 is 0 Å². The topological polar surface area (TPSA) is 44.8 Å². The largest absolute Gasteiger partial charge is 0.497 e. The molecule has 2 aromatic rings. The van der Waals surface area contributed by atoms with E-state index in [0.717, 1.165) is 56.0 Å². The highest BCUT2D eigenvalue weighted by atomic mass is 16.5. The first kappa shape index (κ1) is 20.2. The molecule has 1 aliphatic rings. The molecule has 0 atom stereocenters. The van der Waals surface area contributed by atoms with Gasteiger partial charge in [0.15, 0.2) is 0 Å². The van der Waals surface area contributed by atoms with Gasteiger partial charge in [0.25, 0.3) is 5.91 Å². The highest BCUT2D eigenvalue weighted by molar-refractivity contribution is 5.94. The first-order valence-electron chi connectivity index (χ1n) is 9.96. The second-order valence-corrected chi connectivity index (χ2v) is 7.72. The van der Waals surface area contributed by atoms with E-state index < -0.39 is 0 Å². The van der Waals surface area contributed by atoms with Crippen LogP contribution in [-0.4, -0.2) is 51.6 Å². The summed E-state index contributed by atoms with van der Waals surface area (Å²) in [5, 5.41) is 3.11. The number of methoxy groups -OCH3 is 1. The molecule has 5 heteroatoms. The zero-order chi connectivity index (χ0) is 19.9. The van der Waals surface area contributed by atoms with Crippen LogP contribution in [0.5, 0.6) is 5.75 Å². The van der Waals surface area contributed by atoms with Gasteiger partial charge < -0.3 is 15.0 Å². The van der Waals surface area contributed by atoms with Crippen LogP contribution in [0.2, 0.25) is 0 Å². The van der Waals surface area contributed by atoms with Gasteiger partial charge in [-0.25, -0.2) is 0 Å². The maximum absolute atomic E-state index is 12.4. The number of hydrogen-bond acceptors (Lipinski definition) is 4. The Hall–Kier alpha value is -2.53. The molecule has 28 heavy (non-hydrogen) atoms. The molecule has 1 saturated heterocycles. The van der Waals surface area contributed by atoms with Crippen molar-refractivity contribution < 1.29 is 9.53 Å². The van der Waals surface area contributed by atoms with E-state index in [1.165, 1.54) is 5.56 Å². The van der Waals surface area contributed by atoms with Crippen LogP contribution in [0.25, 0.3) is 0 Å². The van der Waals surface area contributed by atoms with Crippen molar-refractivity contribution in [3.05, 3.63) is 59.7 Å². The maximum Gasteiger partial charge on any atom is 0.251 e. The van der Waals surface area contributed by atoms with Crippen LogP contribution in [0.3, 0.4) is 0 Å². The predicted molar refractivity (Wildman–Crippen MR) is 114 cm³/mol. The summed E-state index contributed by atoms with van der Waals surface area (Å²) in [6, 6.07) is 16.0. The molecule has 0 saturated carbocycles. The summed E-state index contributed by atoms with van der Waals surface area (Å²) >= 11 is 0. The van der Waals surface area contributed by atoms with Crippen LogP contribution in [0.4, 0.5) is 5.69 Å². The minimum Gasteiger partial charge on any atom is -0.497 e.